The number of piperazine rings is 2. The van der Waals surface area contributed by atoms with Gasteiger partial charge in [0.05, 0.1) is 0 Å². The topological polar surface area (TPSA) is 168 Å². The van der Waals surface area contributed by atoms with Crippen LogP contribution in [0.2, 0.25) is 0 Å². The number of Topliss-reactive ketones (excluding diaryl/α,β-unsaturated/α-hetero) is 2. The van der Waals surface area contributed by atoms with E-state index in [2.05, 4.69) is 27.2 Å². The van der Waals surface area contributed by atoms with E-state index >= 15 is 0 Å². The molecule has 356 valence electrons. The minimum absolute atomic E-state index is 0.0271. The number of rotatable bonds is 12. The number of hydrogen-bond acceptors (Lipinski definition) is 13. The van der Waals surface area contributed by atoms with E-state index in [0.29, 0.717) is 65.1 Å². The molecule has 2 aromatic rings. The van der Waals surface area contributed by atoms with Crippen molar-refractivity contribution in [1.82, 2.24) is 29.8 Å². The second-order valence-corrected chi connectivity index (χ2v) is 19.1. The quantitative estimate of drug-likeness (QED) is 0.232. The average molecular weight is 924 g/mol. The van der Waals surface area contributed by atoms with Gasteiger partial charge in [0.1, 0.15) is 12.1 Å². The highest BCUT2D eigenvalue weighted by Gasteiger charge is 2.43. The summed E-state index contributed by atoms with van der Waals surface area (Å²) in [5.74, 6) is 1.36. The molecular weight excluding hydrogens is 856 g/mol. The second kappa shape index (κ2) is 22.1. The maximum Gasteiger partial charge on any atom is 0.291 e. The summed E-state index contributed by atoms with van der Waals surface area (Å²) in [7, 11) is 0. The number of likely N-dealkylation sites (tertiary alicyclic amines) is 2. The van der Waals surface area contributed by atoms with Crippen molar-refractivity contribution in [2.45, 2.75) is 105 Å². The zero-order chi connectivity index (χ0) is 46.9. The molecule has 4 fully saturated rings. The zero-order valence-electron chi connectivity index (χ0n) is 39.0. The Hall–Kier alpha value is -4.77. The van der Waals surface area contributed by atoms with Gasteiger partial charge in [-0.3, -0.25) is 38.6 Å². The minimum atomic E-state index is -0.701. The van der Waals surface area contributed by atoms with Crippen molar-refractivity contribution in [3.63, 3.8) is 0 Å². The molecule has 1 N–H and O–H groups in total. The number of ether oxygens (including phenoxy) is 4. The Kier molecular flexibility index (Phi) is 16.9. The van der Waals surface area contributed by atoms with Gasteiger partial charge in [-0.15, -0.1) is 0 Å². The molecule has 2 atom stereocenters. The summed E-state index contributed by atoms with van der Waals surface area (Å²) in [5.41, 5.74) is 1.07. The van der Waals surface area contributed by atoms with Crippen molar-refractivity contribution >= 4 is 46.1 Å². The van der Waals surface area contributed by atoms with Crippen LogP contribution in [0.1, 0.15) is 91.2 Å². The molecule has 0 saturated carbocycles. The van der Waals surface area contributed by atoms with E-state index in [1.54, 1.807) is 27.7 Å². The standard InChI is InChI=1S/C24H33N3O5.C12H18ClNO3.C12H16N2O2/c1-4-24(2,3)21(28)23(30)27-9-5-6-18(27)22(29)26-12-10-25(11-13-26)15-17-7-8-19-20(14-17)32-16-31-19;1-4-12(2,3)9(15)11(17)14-7-5-6-8(14)10(13)16;1-2-11-12(16-9-15-11)7-10(1)8-14-5-3-13-4-6-14/h7-8,14,18H,4-6,9-13,15-16H2,1-3H3;8H,4-7H2,1-3H3;1-2,7,13H,3-6,8-9H2/t18-;8-;/m00./s1. The molecule has 2 aromatic carbocycles. The van der Waals surface area contributed by atoms with Gasteiger partial charge in [-0.25, -0.2) is 0 Å². The largest absolute Gasteiger partial charge is 0.454 e. The number of fused-ring (bicyclic) bond motifs is 2. The number of ketones is 2. The van der Waals surface area contributed by atoms with Crippen molar-refractivity contribution < 1.29 is 47.7 Å². The van der Waals surface area contributed by atoms with E-state index in [-0.39, 0.29) is 12.7 Å². The van der Waals surface area contributed by atoms with Gasteiger partial charge in [-0.1, -0.05) is 53.7 Å². The second-order valence-electron chi connectivity index (χ2n) is 18.8. The normalized spacial score (nSPS) is 20.7. The monoisotopic (exact) mass is 922 g/mol. The number of hydrogen-bond donors (Lipinski definition) is 1. The molecule has 0 spiro atoms. The first-order valence-corrected chi connectivity index (χ1v) is 23.5. The van der Waals surface area contributed by atoms with Crippen molar-refractivity contribution in [2.24, 2.45) is 10.8 Å². The number of amides is 3. The van der Waals surface area contributed by atoms with Gasteiger partial charge in [0.2, 0.25) is 36.3 Å². The number of nitrogens with zero attached hydrogens (tertiary/aromatic N) is 5. The molecule has 16 nitrogen and oxygen atoms in total. The van der Waals surface area contributed by atoms with Crippen LogP contribution in [-0.2, 0) is 41.9 Å². The molecule has 65 heavy (non-hydrogen) atoms. The smallest absolute Gasteiger partial charge is 0.291 e. The van der Waals surface area contributed by atoms with Gasteiger partial charge in [-0.05, 0) is 85.5 Å². The summed E-state index contributed by atoms with van der Waals surface area (Å²) in [4.78, 5) is 83.4. The summed E-state index contributed by atoms with van der Waals surface area (Å²) in [6.07, 6.45) is 3.83. The Morgan fingerprint density at radius 2 is 1.03 bits per heavy atom. The molecule has 0 aliphatic carbocycles. The van der Waals surface area contributed by atoms with Crippen LogP contribution >= 0.6 is 11.6 Å². The molecule has 6 aliphatic rings. The van der Waals surface area contributed by atoms with Gasteiger partial charge in [0.25, 0.3) is 11.8 Å². The fraction of sp³-hybridized carbons (Fsp3) is 0.625. The van der Waals surface area contributed by atoms with Crippen LogP contribution in [0.4, 0.5) is 0 Å². The SMILES string of the molecule is CCC(C)(C)C(=O)C(=O)N1CCC[C@H]1C(=O)Cl.CCC(C)(C)C(=O)C(=O)N1CCC[C@H]1C(=O)N1CCN(Cc2ccc3c(c2)OCO3)CC1.c1cc2c(cc1CN1CCNCC1)OCO2. The van der Waals surface area contributed by atoms with Crippen LogP contribution in [0.3, 0.4) is 0 Å². The third-order valence-electron chi connectivity index (χ3n) is 13.5. The molecular formula is C48H67ClN6O10. The molecule has 6 heterocycles. The first kappa shape index (κ1) is 49.7. The molecule has 8 rings (SSSR count). The number of halogens is 1. The van der Waals surface area contributed by atoms with E-state index in [1.807, 2.05) is 43.0 Å². The lowest BCUT2D eigenvalue weighted by Crippen LogP contribution is -2.55. The fourth-order valence-corrected chi connectivity index (χ4v) is 8.70. The summed E-state index contributed by atoms with van der Waals surface area (Å²) in [6.45, 7) is 21.3. The first-order chi connectivity index (χ1) is 31.0. The maximum atomic E-state index is 13.2. The highest BCUT2D eigenvalue weighted by atomic mass is 35.5. The van der Waals surface area contributed by atoms with Crippen LogP contribution in [-0.4, -0.2) is 150 Å². The van der Waals surface area contributed by atoms with Crippen LogP contribution in [0.5, 0.6) is 23.0 Å². The zero-order valence-corrected chi connectivity index (χ0v) is 39.7. The van der Waals surface area contributed by atoms with Crippen LogP contribution in [0.25, 0.3) is 0 Å². The van der Waals surface area contributed by atoms with Crippen molar-refractivity contribution in [1.29, 1.82) is 0 Å². The van der Waals surface area contributed by atoms with Crippen molar-refractivity contribution in [3.8, 4) is 23.0 Å². The summed E-state index contributed by atoms with van der Waals surface area (Å²) in [5, 5.41) is 2.80. The van der Waals surface area contributed by atoms with E-state index < -0.39 is 51.5 Å². The Labute approximate surface area is 388 Å². The van der Waals surface area contributed by atoms with Crippen molar-refractivity contribution in [2.75, 3.05) is 79.0 Å². The van der Waals surface area contributed by atoms with E-state index in [9.17, 15) is 28.8 Å². The highest BCUT2D eigenvalue weighted by molar-refractivity contribution is 6.65. The average Bonchev–Trinajstić information content (AvgIpc) is 4.16. The predicted octanol–water partition coefficient (Wildman–Crippen LogP) is 4.62. The highest BCUT2D eigenvalue weighted by Crippen LogP contribution is 2.34. The number of benzene rings is 2. The van der Waals surface area contributed by atoms with Gasteiger partial charge >= 0.3 is 0 Å². The molecule has 0 unspecified atom stereocenters. The molecule has 4 saturated heterocycles. The molecule has 0 radical (unpaired) electrons. The van der Waals surface area contributed by atoms with E-state index in [4.69, 9.17) is 30.5 Å². The third kappa shape index (κ3) is 12.4. The molecule has 17 heteroatoms. The van der Waals surface area contributed by atoms with Gasteiger partial charge in [0, 0.05) is 89.4 Å². The lowest BCUT2D eigenvalue weighted by Gasteiger charge is -2.37. The lowest BCUT2D eigenvalue weighted by molar-refractivity contribution is -0.153. The maximum absolute atomic E-state index is 13.2. The fourth-order valence-electron chi connectivity index (χ4n) is 8.47. The third-order valence-corrected chi connectivity index (χ3v) is 13.8. The van der Waals surface area contributed by atoms with E-state index in [1.165, 1.54) is 15.4 Å². The molecule has 3 amide bonds. The molecule has 0 aromatic heterocycles. The Bertz CT molecular complexity index is 2050. The predicted molar refractivity (Wildman–Crippen MR) is 244 cm³/mol. The van der Waals surface area contributed by atoms with Gasteiger partial charge < -0.3 is 39.0 Å². The lowest BCUT2D eigenvalue weighted by atomic mass is 9.84. The van der Waals surface area contributed by atoms with Crippen LogP contribution < -0.4 is 24.3 Å². The van der Waals surface area contributed by atoms with Crippen LogP contribution in [0.15, 0.2) is 36.4 Å². The summed E-state index contributed by atoms with van der Waals surface area (Å²) in [6, 6.07) is 11.1. The first-order valence-electron chi connectivity index (χ1n) is 23.1. The number of carbonyl (C=O) groups is 6. The number of carbonyl (C=O) groups excluding carboxylic acids is 6. The minimum Gasteiger partial charge on any atom is -0.454 e. The van der Waals surface area contributed by atoms with E-state index in [0.717, 1.165) is 87.3 Å². The van der Waals surface area contributed by atoms with Gasteiger partial charge in [-0.2, -0.15) is 0 Å². The Morgan fingerprint density at radius 1 is 0.600 bits per heavy atom. The summed E-state index contributed by atoms with van der Waals surface area (Å²) < 4.78 is 21.5. The Balaban J connectivity index is 0.000000178. The van der Waals surface area contributed by atoms with Crippen LogP contribution in [0, 0.1) is 10.8 Å². The molecule has 6 aliphatic heterocycles. The Morgan fingerprint density at radius 3 is 1.49 bits per heavy atom. The van der Waals surface area contributed by atoms with Crippen molar-refractivity contribution in [3.05, 3.63) is 47.5 Å². The summed E-state index contributed by atoms with van der Waals surface area (Å²) >= 11 is 5.43. The molecule has 0 bridgehead atoms. The van der Waals surface area contributed by atoms with Gasteiger partial charge in [0.15, 0.2) is 23.0 Å². The number of nitrogens with one attached hydrogen (secondary N) is 1.